The Balaban J connectivity index is 1.87. The monoisotopic (exact) mass is 384 g/mol. The number of hydrogen-bond donors (Lipinski definition) is 0. The number of para-hydroxylation sites is 1. The number of carbonyl (C=O) groups excluding carboxylic acids is 1. The van der Waals surface area contributed by atoms with Crippen molar-refractivity contribution in [3.8, 4) is 0 Å². The molecular weight excluding hydrogens is 364 g/mol. The van der Waals surface area contributed by atoms with Crippen LogP contribution in [0.4, 0.5) is 0 Å². The van der Waals surface area contributed by atoms with E-state index in [4.69, 9.17) is 9.47 Å². The number of methoxy groups -OCH3 is 2. The van der Waals surface area contributed by atoms with Crippen molar-refractivity contribution in [1.29, 1.82) is 0 Å². The molecule has 0 atom stereocenters. The molecule has 0 unspecified atom stereocenters. The zero-order valence-electron chi connectivity index (χ0n) is 15.2. The molecule has 0 aliphatic rings. The summed E-state index contributed by atoms with van der Waals surface area (Å²) in [5.74, 6) is 0.262. The fourth-order valence-electron chi connectivity index (χ4n) is 2.64. The highest BCUT2D eigenvalue weighted by Crippen LogP contribution is 2.22. The Kier molecular flexibility index (Phi) is 6.26. The van der Waals surface area contributed by atoms with Crippen LogP contribution in [0, 0.1) is 0 Å². The lowest BCUT2D eigenvalue weighted by molar-refractivity contribution is 0.0600. The molecule has 0 radical (unpaired) electrons. The zero-order chi connectivity index (χ0) is 19.2. The van der Waals surface area contributed by atoms with E-state index < -0.39 is 0 Å². The van der Waals surface area contributed by atoms with Crippen molar-refractivity contribution >= 4 is 28.6 Å². The largest absolute Gasteiger partial charge is 0.465 e. The number of fused-ring (bicyclic) bond motifs is 1. The fraction of sp³-hybridized carbons (Fsp3) is 0.250. The van der Waals surface area contributed by atoms with Crippen LogP contribution in [-0.4, -0.2) is 36.3 Å². The van der Waals surface area contributed by atoms with Gasteiger partial charge in [-0.3, -0.25) is 9.36 Å². The Bertz CT molecular complexity index is 999. The molecule has 0 aliphatic carbocycles. The molecule has 0 N–H and O–H groups in total. The molecule has 1 heterocycles. The predicted molar refractivity (Wildman–Crippen MR) is 105 cm³/mol. The van der Waals surface area contributed by atoms with E-state index >= 15 is 0 Å². The molecule has 0 fully saturated rings. The van der Waals surface area contributed by atoms with Crippen molar-refractivity contribution in [2.45, 2.75) is 17.5 Å². The molecule has 0 aliphatic heterocycles. The van der Waals surface area contributed by atoms with Gasteiger partial charge in [0.05, 0.1) is 36.7 Å². The van der Waals surface area contributed by atoms with Gasteiger partial charge in [-0.25, -0.2) is 9.78 Å². The molecule has 27 heavy (non-hydrogen) atoms. The molecule has 0 spiro atoms. The third-order valence-electron chi connectivity index (χ3n) is 4.09. The summed E-state index contributed by atoms with van der Waals surface area (Å²) in [4.78, 5) is 29.0. The summed E-state index contributed by atoms with van der Waals surface area (Å²) in [5.41, 5.74) is 2.14. The van der Waals surface area contributed by atoms with Crippen molar-refractivity contribution in [2.75, 3.05) is 20.8 Å². The van der Waals surface area contributed by atoms with Crippen LogP contribution >= 0.6 is 11.8 Å². The minimum Gasteiger partial charge on any atom is -0.465 e. The molecule has 0 saturated heterocycles. The fourth-order valence-corrected chi connectivity index (χ4v) is 3.62. The summed E-state index contributed by atoms with van der Waals surface area (Å²) in [5, 5.41) is 1.24. The van der Waals surface area contributed by atoms with E-state index in [9.17, 15) is 9.59 Å². The smallest absolute Gasteiger partial charge is 0.337 e. The SMILES string of the molecule is COCCn1c(SCc2ccc(C(=O)OC)cc2)nc2ccccc2c1=O. The molecule has 0 bridgehead atoms. The van der Waals surface area contributed by atoms with Gasteiger partial charge in [-0.2, -0.15) is 0 Å². The van der Waals surface area contributed by atoms with Gasteiger partial charge < -0.3 is 9.47 Å². The Morgan fingerprint density at radius 2 is 1.85 bits per heavy atom. The van der Waals surface area contributed by atoms with E-state index in [0.717, 1.165) is 5.56 Å². The predicted octanol–water partition coefficient (Wildman–Crippen LogP) is 3.12. The number of esters is 1. The quantitative estimate of drug-likeness (QED) is 0.354. The van der Waals surface area contributed by atoms with E-state index in [2.05, 4.69) is 4.98 Å². The maximum absolute atomic E-state index is 12.8. The topological polar surface area (TPSA) is 70.4 Å². The second-order valence-electron chi connectivity index (χ2n) is 5.84. The van der Waals surface area contributed by atoms with Crippen LogP contribution < -0.4 is 5.56 Å². The summed E-state index contributed by atoms with van der Waals surface area (Å²) in [7, 11) is 2.96. The number of carbonyl (C=O) groups is 1. The van der Waals surface area contributed by atoms with Crippen molar-refractivity contribution in [2.24, 2.45) is 0 Å². The van der Waals surface area contributed by atoms with Crippen LogP contribution in [0.2, 0.25) is 0 Å². The van der Waals surface area contributed by atoms with Crippen molar-refractivity contribution < 1.29 is 14.3 Å². The van der Waals surface area contributed by atoms with Crippen LogP contribution in [-0.2, 0) is 21.8 Å². The van der Waals surface area contributed by atoms with E-state index in [0.29, 0.717) is 40.5 Å². The summed E-state index contributed by atoms with van der Waals surface area (Å²) in [6.07, 6.45) is 0. The lowest BCUT2D eigenvalue weighted by atomic mass is 10.1. The lowest BCUT2D eigenvalue weighted by Gasteiger charge is -2.13. The molecule has 0 amide bonds. The number of nitrogens with zero attached hydrogens (tertiary/aromatic N) is 2. The highest BCUT2D eigenvalue weighted by molar-refractivity contribution is 7.98. The summed E-state index contributed by atoms with van der Waals surface area (Å²) in [6.45, 7) is 0.873. The molecule has 1 aromatic heterocycles. The van der Waals surface area contributed by atoms with Gasteiger partial charge in [0, 0.05) is 12.9 Å². The number of ether oxygens (including phenoxy) is 2. The number of aromatic nitrogens is 2. The Hall–Kier alpha value is -2.64. The van der Waals surface area contributed by atoms with E-state index in [-0.39, 0.29) is 11.5 Å². The van der Waals surface area contributed by atoms with Crippen LogP contribution in [0.5, 0.6) is 0 Å². The van der Waals surface area contributed by atoms with Crippen LogP contribution in [0.25, 0.3) is 10.9 Å². The Morgan fingerprint density at radius 3 is 2.56 bits per heavy atom. The molecule has 7 heteroatoms. The Labute approximate surface area is 161 Å². The molecule has 3 aromatic rings. The van der Waals surface area contributed by atoms with Gasteiger partial charge in [0.1, 0.15) is 0 Å². The third kappa shape index (κ3) is 4.37. The summed E-state index contributed by atoms with van der Waals surface area (Å²) >= 11 is 1.48. The molecule has 3 rings (SSSR count). The molecule has 140 valence electrons. The summed E-state index contributed by atoms with van der Waals surface area (Å²) in [6, 6.07) is 14.5. The molecule has 2 aromatic carbocycles. The number of benzene rings is 2. The van der Waals surface area contributed by atoms with E-state index in [1.807, 2.05) is 30.3 Å². The maximum Gasteiger partial charge on any atom is 0.337 e. The second-order valence-corrected chi connectivity index (χ2v) is 6.78. The summed E-state index contributed by atoms with van der Waals surface area (Å²) < 4.78 is 11.5. The van der Waals surface area contributed by atoms with Gasteiger partial charge in [-0.1, -0.05) is 36.0 Å². The first-order valence-corrected chi connectivity index (χ1v) is 9.41. The normalized spacial score (nSPS) is 10.9. The van der Waals surface area contributed by atoms with Gasteiger partial charge in [-0.05, 0) is 29.8 Å². The lowest BCUT2D eigenvalue weighted by Crippen LogP contribution is -2.25. The van der Waals surface area contributed by atoms with Crippen LogP contribution in [0.15, 0.2) is 58.5 Å². The number of thioether (sulfide) groups is 1. The molecule has 0 saturated carbocycles. The minimum absolute atomic E-state index is 0.0683. The first-order chi connectivity index (χ1) is 13.1. The van der Waals surface area contributed by atoms with E-state index in [1.54, 1.807) is 29.9 Å². The van der Waals surface area contributed by atoms with Crippen LogP contribution in [0.1, 0.15) is 15.9 Å². The number of hydrogen-bond acceptors (Lipinski definition) is 6. The van der Waals surface area contributed by atoms with Gasteiger partial charge >= 0.3 is 5.97 Å². The zero-order valence-corrected chi connectivity index (χ0v) is 16.0. The minimum atomic E-state index is -0.362. The highest BCUT2D eigenvalue weighted by Gasteiger charge is 2.12. The van der Waals surface area contributed by atoms with Gasteiger partial charge in [0.2, 0.25) is 0 Å². The standard InChI is InChI=1S/C20H20N2O4S/c1-25-12-11-22-18(23)16-5-3-4-6-17(16)21-20(22)27-13-14-7-9-15(10-8-14)19(24)26-2/h3-10H,11-13H2,1-2H3. The van der Waals surface area contributed by atoms with Gasteiger partial charge in [-0.15, -0.1) is 0 Å². The second kappa shape index (κ2) is 8.83. The first kappa shape index (κ1) is 19.1. The van der Waals surface area contributed by atoms with Crippen molar-refractivity contribution in [3.63, 3.8) is 0 Å². The Morgan fingerprint density at radius 1 is 1.11 bits per heavy atom. The maximum atomic E-state index is 12.8. The molecular formula is C20H20N2O4S. The van der Waals surface area contributed by atoms with Crippen LogP contribution in [0.3, 0.4) is 0 Å². The van der Waals surface area contributed by atoms with Gasteiger partial charge in [0.25, 0.3) is 5.56 Å². The first-order valence-electron chi connectivity index (χ1n) is 8.42. The van der Waals surface area contributed by atoms with Crippen molar-refractivity contribution in [3.05, 3.63) is 70.0 Å². The van der Waals surface area contributed by atoms with E-state index in [1.165, 1.54) is 18.9 Å². The van der Waals surface area contributed by atoms with Gasteiger partial charge in [0.15, 0.2) is 5.16 Å². The average molecular weight is 384 g/mol. The average Bonchev–Trinajstić information content (AvgIpc) is 2.71. The third-order valence-corrected chi connectivity index (χ3v) is 5.14. The number of rotatable bonds is 7. The highest BCUT2D eigenvalue weighted by atomic mass is 32.2. The van der Waals surface area contributed by atoms with Crippen molar-refractivity contribution in [1.82, 2.24) is 9.55 Å². The molecule has 6 nitrogen and oxygen atoms in total.